The van der Waals surface area contributed by atoms with E-state index in [0.717, 1.165) is 65.7 Å². The molecule has 6 amide bonds. The Kier molecular flexibility index (Phi) is 17.6. The van der Waals surface area contributed by atoms with Crippen LogP contribution < -0.4 is 51.4 Å². The molecule has 26 nitrogen and oxygen atoms in total. The average molecular weight is 1380 g/mol. The van der Waals surface area contributed by atoms with Crippen LogP contribution in [0.15, 0.2) is 170 Å². The van der Waals surface area contributed by atoms with Crippen molar-refractivity contribution in [3.05, 3.63) is 224 Å². The number of aliphatic carboxylic acids is 1. The number of phenols is 6. The van der Waals surface area contributed by atoms with Crippen molar-refractivity contribution in [1.29, 1.82) is 0 Å². The molecule has 502 valence electrons. The van der Waals surface area contributed by atoms with Crippen LogP contribution in [0.1, 0.15) is 86.9 Å². The van der Waals surface area contributed by atoms with Crippen LogP contribution in [0, 0.1) is 0 Å². The first-order valence-corrected chi connectivity index (χ1v) is 31.0. The van der Waals surface area contributed by atoms with E-state index in [1.54, 1.807) is 0 Å². The Morgan fingerprint density at radius 2 is 0.960 bits per heavy atom. The summed E-state index contributed by atoms with van der Waals surface area (Å²) in [6, 6.07) is 23.7. The number of aliphatic hydroxyl groups is 2. The van der Waals surface area contributed by atoms with Crippen molar-refractivity contribution in [3.8, 4) is 91.2 Å². The van der Waals surface area contributed by atoms with Crippen molar-refractivity contribution in [2.45, 2.75) is 61.0 Å². The van der Waals surface area contributed by atoms with Gasteiger partial charge in [0.15, 0.2) is 29.0 Å². The first kappa shape index (κ1) is 65.6. The summed E-state index contributed by atoms with van der Waals surface area (Å²) >= 11 is 13.8. The second-order valence-corrected chi connectivity index (χ2v) is 24.4. The molecule has 9 unspecified atom stereocenters. The van der Waals surface area contributed by atoms with Gasteiger partial charge in [0.1, 0.15) is 88.7 Å². The summed E-state index contributed by atoms with van der Waals surface area (Å²) in [5, 5.41) is 123. The molecular formula is C71H55Cl2N7O19. The Hall–Kier alpha value is -12.1. The number of carboxylic acids is 1. The molecule has 0 aromatic heterocycles. The van der Waals surface area contributed by atoms with Crippen LogP contribution >= 0.6 is 23.2 Å². The number of fused-ring (bicyclic) bond motifs is 13. The predicted octanol–water partition coefficient (Wildman–Crippen LogP) is 7.97. The van der Waals surface area contributed by atoms with Gasteiger partial charge in [-0.05, 0) is 123 Å². The number of nitrogens with one attached hydrogen (secondary N) is 7. The summed E-state index contributed by atoms with van der Waals surface area (Å²) in [7, 11) is 0. The van der Waals surface area contributed by atoms with Gasteiger partial charge in [-0.25, -0.2) is 4.79 Å². The van der Waals surface area contributed by atoms with Crippen molar-refractivity contribution in [2.24, 2.45) is 0 Å². The zero-order valence-corrected chi connectivity index (χ0v) is 52.4. The molecule has 0 radical (unpaired) electrons. The number of carboxylic acid groups (broad SMARTS) is 1. The van der Waals surface area contributed by atoms with Gasteiger partial charge in [-0.15, -0.1) is 0 Å². The number of aromatic hydroxyl groups is 6. The summed E-state index contributed by atoms with van der Waals surface area (Å²) in [6.45, 7) is 0.0110. The molecule has 9 atom stereocenters. The number of carbonyl (C=O) groups excluding carboxylic acids is 6. The van der Waals surface area contributed by atoms with Crippen LogP contribution in [0.2, 0.25) is 10.0 Å². The fraction of sp³-hybridized carbons (Fsp3) is 0.141. The predicted molar refractivity (Wildman–Crippen MR) is 351 cm³/mol. The molecule has 0 aliphatic carbocycles. The molecule has 15 bridgehead atoms. The third kappa shape index (κ3) is 13.0. The number of halogens is 2. The first-order chi connectivity index (χ1) is 47.4. The van der Waals surface area contributed by atoms with Crippen LogP contribution in [-0.4, -0.2) is 99.5 Å². The molecule has 28 heteroatoms. The van der Waals surface area contributed by atoms with Crippen LogP contribution in [0.25, 0.3) is 22.3 Å². The van der Waals surface area contributed by atoms with Crippen molar-refractivity contribution in [2.75, 3.05) is 0 Å². The smallest absolute Gasteiger partial charge is 0.330 e. The molecule has 0 fully saturated rings. The largest absolute Gasteiger partial charge is 0.508 e. The van der Waals surface area contributed by atoms with Crippen LogP contribution in [0.4, 0.5) is 0 Å². The molecule has 0 saturated carbocycles. The zero-order chi connectivity index (χ0) is 69.8. The fourth-order valence-electron chi connectivity index (χ4n) is 12.2. The number of aliphatic hydroxyl groups excluding tert-OH is 2. The summed E-state index contributed by atoms with van der Waals surface area (Å²) in [5.41, 5.74) is -0.593. The number of amides is 6. The number of carbonyl (C=O) groups is 7. The first-order valence-electron chi connectivity index (χ1n) is 30.3. The van der Waals surface area contributed by atoms with Crippen molar-refractivity contribution >= 4 is 64.6 Å². The number of hydrogen-bond donors (Lipinski definition) is 16. The highest BCUT2D eigenvalue weighted by molar-refractivity contribution is 6.32. The fourth-order valence-corrected chi connectivity index (χ4v) is 12.7. The van der Waals surface area contributed by atoms with E-state index >= 15 is 24.0 Å². The van der Waals surface area contributed by atoms with Gasteiger partial charge in [0.05, 0.1) is 10.0 Å². The Labute approximate surface area is 569 Å². The molecule has 0 saturated heterocycles. The minimum atomic E-state index is -2.29. The molecule has 6 aliphatic heterocycles. The number of hydrogen-bond acceptors (Lipinski definition) is 19. The van der Waals surface area contributed by atoms with Crippen molar-refractivity contribution in [3.63, 3.8) is 0 Å². The van der Waals surface area contributed by atoms with E-state index in [1.807, 2.05) is 54.6 Å². The summed E-state index contributed by atoms with van der Waals surface area (Å²) in [6.07, 6.45) is -4.23. The molecule has 99 heavy (non-hydrogen) atoms. The van der Waals surface area contributed by atoms with E-state index < -0.39 is 170 Å². The molecule has 9 aromatic carbocycles. The molecule has 6 heterocycles. The lowest BCUT2D eigenvalue weighted by molar-refractivity contribution is -0.143. The minimum Gasteiger partial charge on any atom is -0.508 e. The van der Waals surface area contributed by atoms with E-state index in [9.17, 15) is 55.5 Å². The highest BCUT2D eigenvalue weighted by atomic mass is 35.5. The highest BCUT2D eigenvalue weighted by Crippen LogP contribution is 2.49. The van der Waals surface area contributed by atoms with Crippen molar-refractivity contribution in [1.82, 2.24) is 37.2 Å². The van der Waals surface area contributed by atoms with Gasteiger partial charge in [-0.3, -0.25) is 34.1 Å². The number of phenolic OH excluding ortho intramolecular Hbond substituents is 6. The lowest BCUT2D eigenvalue weighted by Crippen LogP contribution is -2.55. The van der Waals surface area contributed by atoms with Gasteiger partial charge in [0.25, 0.3) is 0 Å². The minimum absolute atomic E-state index is 0.0110. The zero-order valence-electron chi connectivity index (χ0n) is 50.9. The molecule has 0 spiro atoms. The summed E-state index contributed by atoms with van der Waals surface area (Å²) in [4.78, 5) is 106. The van der Waals surface area contributed by atoms with Gasteiger partial charge in [-0.2, -0.15) is 0 Å². The average Bonchev–Trinajstić information content (AvgIpc) is 1.72. The normalized spacial score (nSPS) is 21.3. The second kappa shape index (κ2) is 26.5. The maximum atomic E-state index is 16.0. The van der Waals surface area contributed by atoms with Gasteiger partial charge in [0.2, 0.25) is 41.2 Å². The Morgan fingerprint density at radius 3 is 1.59 bits per heavy atom. The number of ether oxygens (including phenoxy) is 3. The Balaban J connectivity index is 0.990. The maximum Gasteiger partial charge on any atom is 0.330 e. The van der Waals surface area contributed by atoms with Gasteiger partial charge < -0.3 is 92.1 Å². The third-order valence-corrected chi connectivity index (χ3v) is 17.7. The van der Waals surface area contributed by atoms with Crippen LogP contribution in [0.3, 0.4) is 0 Å². The quantitative estimate of drug-likeness (QED) is 0.0776. The van der Waals surface area contributed by atoms with Crippen molar-refractivity contribution < 1.29 is 93.7 Å². The Morgan fingerprint density at radius 1 is 0.424 bits per heavy atom. The second-order valence-electron chi connectivity index (χ2n) is 23.6. The standard InChI is InChI=1S/C71H55Cl2N7O19/c72-43-21-34-14-17-48(43)98-51-24-37-25-52(64(51)88)99-49-18-15-35(22-44(49)73)63(87)61-70(94)78-59(71(95)96)42-27-39(82)28-47(85)54(42)53-41(7-4-8-46(53)84)58(68(92)80-61)77-67(91)57(37)75-66(90)56-36-19-38(81)26-40(20-36)97-50-23-33(13-16-45(50)83)55(65(89)79-60(62(34)86)69(93)76-56)74-29-30-9-11-32(12-10-30)31-5-2-1-3-6-31/h1-28,55-63,74,81-88H,29H2,(H,75,90)(H,76,93)(H,77,91)(H,78,94)(H,79,89)(H,80,92)(H,95,96). The Bertz CT molecular complexity index is 4830. The lowest BCUT2D eigenvalue weighted by Gasteiger charge is -2.31. The molecule has 16 N–H and O–H groups in total. The van der Waals surface area contributed by atoms with Crippen LogP contribution in [0.5, 0.6) is 69.0 Å². The van der Waals surface area contributed by atoms with Crippen LogP contribution in [-0.2, 0) is 40.1 Å². The van der Waals surface area contributed by atoms with E-state index in [2.05, 4.69) is 37.2 Å². The lowest BCUT2D eigenvalue weighted by atomic mass is 9.87. The summed E-state index contributed by atoms with van der Waals surface area (Å²) in [5.74, 6) is -16.3. The third-order valence-electron chi connectivity index (χ3n) is 17.1. The van der Waals surface area contributed by atoms with E-state index in [4.69, 9.17) is 37.4 Å². The van der Waals surface area contributed by atoms with Gasteiger partial charge in [-0.1, -0.05) is 108 Å². The maximum absolute atomic E-state index is 16.0. The van der Waals surface area contributed by atoms with E-state index in [0.29, 0.717) is 5.56 Å². The van der Waals surface area contributed by atoms with Gasteiger partial charge in [0, 0.05) is 35.4 Å². The SMILES string of the molecule is O=C1NC2C(=O)NC(C(=O)NC3C(=O)NC4C(=O)NC(C(=O)NC(C(=O)O)c5cc(O)cc(O)c5-c5c(O)cccc54)C(O)c4ccc(c(Cl)c4)Oc4cc3cc(c4O)Oc3ccc(cc3Cl)C2O)c2cc(O)cc(c2)Oc2cc(ccc2O)C1NCc1ccc(-c2ccccc2)cc1. The number of rotatable bonds is 5. The topological polar surface area (TPSA) is 413 Å². The number of benzene rings is 9. The molecular weight excluding hydrogens is 1330 g/mol. The van der Waals surface area contributed by atoms with Gasteiger partial charge >= 0.3 is 5.97 Å². The molecule has 15 rings (SSSR count). The van der Waals surface area contributed by atoms with E-state index in [-0.39, 0.29) is 61.8 Å². The highest BCUT2D eigenvalue weighted by Gasteiger charge is 2.43. The monoisotopic (exact) mass is 1380 g/mol. The van der Waals surface area contributed by atoms with E-state index in [1.165, 1.54) is 60.7 Å². The molecule has 9 aromatic rings. The molecule has 6 aliphatic rings. The summed E-state index contributed by atoms with van der Waals surface area (Å²) < 4.78 is 18.7.